The predicted octanol–water partition coefficient (Wildman–Crippen LogP) is -0.346. The Bertz CT molecular complexity index is 575. The SMILES string of the molecule is CCN1C(=O)C2C3C=CC(C4C(=O)N(C)C(=O)C34)C2C1=O. The van der Waals surface area contributed by atoms with Gasteiger partial charge < -0.3 is 0 Å². The Morgan fingerprint density at radius 2 is 1.19 bits per heavy atom. The highest BCUT2D eigenvalue weighted by Crippen LogP contribution is 2.57. The Labute approximate surface area is 121 Å². The minimum atomic E-state index is -0.465. The van der Waals surface area contributed by atoms with Gasteiger partial charge in [0.15, 0.2) is 0 Å². The van der Waals surface area contributed by atoms with Gasteiger partial charge >= 0.3 is 0 Å². The second-order valence-electron chi connectivity index (χ2n) is 6.30. The lowest BCUT2D eigenvalue weighted by Crippen LogP contribution is -2.50. The fourth-order valence-corrected chi connectivity index (χ4v) is 4.75. The van der Waals surface area contributed by atoms with Crippen molar-refractivity contribution in [2.75, 3.05) is 13.6 Å². The molecule has 0 aromatic heterocycles. The van der Waals surface area contributed by atoms with E-state index in [2.05, 4.69) is 0 Å². The van der Waals surface area contributed by atoms with E-state index in [-0.39, 0.29) is 35.5 Å². The topological polar surface area (TPSA) is 74.8 Å². The van der Waals surface area contributed by atoms with Crippen LogP contribution in [-0.2, 0) is 19.2 Å². The normalized spacial score (nSPS) is 43.9. The Hall–Kier alpha value is -1.98. The van der Waals surface area contributed by atoms with Crippen molar-refractivity contribution in [3.05, 3.63) is 12.2 Å². The van der Waals surface area contributed by atoms with E-state index in [1.807, 2.05) is 12.2 Å². The van der Waals surface area contributed by atoms with Crippen molar-refractivity contribution >= 4 is 23.6 Å². The molecule has 5 rings (SSSR count). The maximum Gasteiger partial charge on any atom is 0.233 e. The minimum Gasteiger partial charge on any atom is -0.285 e. The van der Waals surface area contributed by atoms with Gasteiger partial charge in [0.1, 0.15) is 0 Å². The highest BCUT2D eigenvalue weighted by atomic mass is 16.2. The average molecular weight is 288 g/mol. The van der Waals surface area contributed by atoms with Crippen molar-refractivity contribution in [2.24, 2.45) is 35.5 Å². The molecule has 0 aromatic carbocycles. The number of hydrogen-bond acceptors (Lipinski definition) is 4. The molecule has 6 unspecified atom stereocenters. The number of nitrogens with zero attached hydrogens (tertiary/aromatic N) is 2. The van der Waals surface area contributed by atoms with Gasteiger partial charge in [0.05, 0.1) is 23.7 Å². The molecule has 2 heterocycles. The highest BCUT2D eigenvalue weighted by molar-refractivity contribution is 6.10. The van der Waals surface area contributed by atoms with Crippen molar-refractivity contribution in [1.29, 1.82) is 0 Å². The molecule has 3 fully saturated rings. The van der Waals surface area contributed by atoms with Gasteiger partial charge in [-0.1, -0.05) is 12.2 Å². The van der Waals surface area contributed by atoms with Crippen LogP contribution in [0, 0.1) is 35.5 Å². The Balaban J connectivity index is 1.84. The maximum absolute atomic E-state index is 12.5. The molecule has 2 bridgehead atoms. The van der Waals surface area contributed by atoms with Crippen molar-refractivity contribution in [3.63, 3.8) is 0 Å². The van der Waals surface area contributed by atoms with E-state index >= 15 is 0 Å². The first-order chi connectivity index (χ1) is 9.99. The zero-order valence-electron chi connectivity index (χ0n) is 11.9. The van der Waals surface area contributed by atoms with Crippen LogP contribution in [0.3, 0.4) is 0 Å². The third-order valence-corrected chi connectivity index (χ3v) is 5.64. The number of hydrogen-bond donors (Lipinski definition) is 0. The van der Waals surface area contributed by atoms with Crippen LogP contribution in [-0.4, -0.2) is 47.0 Å². The van der Waals surface area contributed by atoms with E-state index in [1.165, 1.54) is 11.9 Å². The summed E-state index contributed by atoms with van der Waals surface area (Å²) in [5.41, 5.74) is 0. The van der Waals surface area contributed by atoms with Gasteiger partial charge in [-0.15, -0.1) is 0 Å². The summed E-state index contributed by atoms with van der Waals surface area (Å²) in [6.07, 6.45) is 3.75. The number of imide groups is 2. The number of carbonyl (C=O) groups is 4. The van der Waals surface area contributed by atoms with E-state index in [0.29, 0.717) is 6.54 Å². The molecule has 6 heteroatoms. The van der Waals surface area contributed by atoms with E-state index in [1.54, 1.807) is 6.92 Å². The Morgan fingerprint density at radius 1 is 0.810 bits per heavy atom. The van der Waals surface area contributed by atoms with Crippen LogP contribution in [0.1, 0.15) is 6.92 Å². The summed E-state index contributed by atoms with van der Waals surface area (Å²) in [7, 11) is 1.49. The standard InChI is InChI=1S/C15H16N2O4/c1-3-17-14(20)10-6-4-5-7(11(10)15(17)21)9-8(6)12(18)16(2)13(9)19/h4-11H,3H2,1-2H3. The van der Waals surface area contributed by atoms with Crippen LogP contribution in [0.5, 0.6) is 0 Å². The van der Waals surface area contributed by atoms with Gasteiger partial charge in [-0.2, -0.15) is 0 Å². The summed E-state index contributed by atoms with van der Waals surface area (Å²) in [4.78, 5) is 52.1. The van der Waals surface area contributed by atoms with Gasteiger partial charge in [0, 0.05) is 25.4 Å². The summed E-state index contributed by atoms with van der Waals surface area (Å²) in [6, 6.07) is 0. The third-order valence-electron chi connectivity index (χ3n) is 5.64. The third kappa shape index (κ3) is 1.24. The smallest absolute Gasteiger partial charge is 0.233 e. The van der Waals surface area contributed by atoms with Crippen LogP contribution >= 0.6 is 0 Å². The van der Waals surface area contributed by atoms with Gasteiger partial charge in [-0.25, -0.2) is 0 Å². The molecule has 6 atom stereocenters. The fourth-order valence-electron chi connectivity index (χ4n) is 4.75. The quantitative estimate of drug-likeness (QED) is 0.488. The number of likely N-dealkylation sites (tertiary alicyclic amines) is 2. The lowest BCUT2D eigenvalue weighted by Gasteiger charge is -2.44. The number of carbonyl (C=O) groups excluding carboxylic acids is 4. The van der Waals surface area contributed by atoms with Crippen molar-refractivity contribution < 1.29 is 19.2 Å². The summed E-state index contributed by atoms with van der Waals surface area (Å²) in [5.74, 6) is -3.27. The molecule has 2 saturated heterocycles. The van der Waals surface area contributed by atoms with Gasteiger partial charge in [-0.05, 0) is 6.92 Å². The molecule has 0 aromatic rings. The monoisotopic (exact) mass is 288 g/mol. The van der Waals surface area contributed by atoms with E-state index in [0.717, 1.165) is 4.90 Å². The number of amides is 4. The van der Waals surface area contributed by atoms with Crippen LogP contribution < -0.4 is 0 Å². The van der Waals surface area contributed by atoms with Crippen LogP contribution in [0.15, 0.2) is 12.2 Å². The lowest BCUT2D eigenvalue weighted by molar-refractivity contribution is -0.139. The zero-order valence-corrected chi connectivity index (χ0v) is 11.9. The highest BCUT2D eigenvalue weighted by Gasteiger charge is 2.67. The molecule has 5 aliphatic rings. The van der Waals surface area contributed by atoms with E-state index in [9.17, 15) is 19.2 Å². The molecule has 0 N–H and O–H groups in total. The summed E-state index contributed by atoms with van der Waals surface area (Å²) >= 11 is 0. The average Bonchev–Trinajstić information content (AvgIpc) is 2.89. The predicted molar refractivity (Wildman–Crippen MR) is 70.3 cm³/mol. The molecule has 21 heavy (non-hydrogen) atoms. The van der Waals surface area contributed by atoms with Gasteiger partial charge in [0.2, 0.25) is 23.6 Å². The van der Waals surface area contributed by atoms with Crippen molar-refractivity contribution in [3.8, 4) is 0 Å². The Kier molecular flexibility index (Phi) is 2.31. The molecule has 110 valence electrons. The second-order valence-corrected chi connectivity index (χ2v) is 6.30. The number of rotatable bonds is 1. The molecule has 1 saturated carbocycles. The van der Waals surface area contributed by atoms with Gasteiger partial charge in [0.25, 0.3) is 0 Å². The van der Waals surface area contributed by atoms with Gasteiger partial charge in [-0.3, -0.25) is 29.0 Å². The van der Waals surface area contributed by atoms with Crippen LogP contribution in [0.2, 0.25) is 0 Å². The first-order valence-corrected chi connectivity index (χ1v) is 7.34. The second kappa shape index (κ2) is 3.81. The van der Waals surface area contributed by atoms with Crippen LogP contribution in [0.4, 0.5) is 0 Å². The molecule has 0 spiro atoms. The minimum absolute atomic E-state index is 0.180. The summed E-state index contributed by atoms with van der Waals surface area (Å²) < 4.78 is 0. The molecular weight excluding hydrogens is 272 g/mol. The van der Waals surface area contributed by atoms with Crippen molar-refractivity contribution in [1.82, 2.24) is 9.80 Å². The van der Waals surface area contributed by atoms with Crippen LogP contribution in [0.25, 0.3) is 0 Å². The maximum atomic E-state index is 12.5. The Morgan fingerprint density at radius 3 is 1.57 bits per heavy atom. The largest absolute Gasteiger partial charge is 0.285 e. The van der Waals surface area contributed by atoms with E-state index in [4.69, 9.17) is 0 Å². The first kappa shape index (κ1) is 12.7. The number of allylic oxidation sites excluding steroid dienone is 2. The summed E-state index contributed by atoms with van der Waals surface area (Å²) in [5, 5.41) is 0. The summed E-state index contributed by atoms with van der Waals surface area (Å²) in [6.45, 7) is 2.12. The van der Waals surface area contributed by atoms with E-state index < -0.39 is 23.7 Å². The van der Waals surface area contributed by atoms with Crippen molar-refractivity contribution in [2.45, 2.75) is 6.92 Å². The zero-order chi connectivity index (χ0) is 15.0. The molecule has 3 aliphatic carbocycles. The lowest BCUT2D eigenvalue weighted by atomic mass is 9.54. The fraction of sp³-hybridized carbons (Fsp3) is 0.600. The first-order valence-electron chi connectivity index (χ1n) is 7.34. The molecular formula is C15H16N2O4. The molecule has 6 nitrogen and oxygen atoms in total. The molecule has 4 amide bonds. The molecule has 0 radical (unpaired) electrons. The molecule has 2 aliphatic heterocycles.